The summed E-state index contributed by atoms with van der Waals surface area (Å²) in [6.07, 6.45) is 13.9. The molecule has 3 unspecified atom stereocenters. The largest absolute Gasteiger partial charge is 4.00 e. The molecule has 4 heteroatoms. The summed E-state index contributed by atoms with van der Waals surface area (Å²) in [6, 6.07) is 0. The van der Waals surface area contributed by atoms with Crippen LogP contribution in [0.25, 0.3) is 0 Å². The van der Waals surface area contributed by atoms with E-state index in [1.54, 1.807) is 39.0 Å². The zero-order valence-electron chi connectivity index (χ0n) is 18.8. The van der Waals surface area contributed by atoms with E-state index < -0.39 is 18.3 Å². The fourth-order valence-corrected chi connectivity index (χ4v) is 1.62. The van der Waals surface area contributed by atoms with Gasteiger partial charge in [0.25, 0.3) is 0 Å². The third-order valence-corrected chi connectivity index (χ3v) is 3.00. The third kappa shape index (κ3) is 33.1. The number of hydrogen-bond donors (Lipinski definition) is 0. The average molecular weight is 555 g/mol. The molecule has 0 aromatic heterocycles. The summed E-state index contributed by atoms with van der Waals surface area (Å²) in [4.78, 5) is 0. The Bertz CT molecular complexity index is 394. The fourth-order valence-electron chi connectivity index (χ4n) is 1.62. The Morgan fingerprint density at radius 3 is 1.29 bits per heavy atom. The van der Waals surface area contributed by atoms with Crippen molar-refractivity contribution in [3.63, 3.8) is 0 Å². The first kappa shape index (κ1) is 34.9. The van der Waals surface area contributed by atoms with Gasteiger partial charge in [0.05, 0.1) is 0 Å². The third-order valence-electron chi connectivity index (χ3n) is 3.00. The van der Waals surface area contributed by atoms with Gasteiger partial charge in [-0.15, -0.1) is 44.5 Å². The van der Waals surface area contributed by atoms with Crippen LogP contribution < -0.4 is 15.3 Å². The maximum atomic E-state index is 10.1. The van der Waals surface area contributed by atoms with Crippen LogP contribution in [0.2, 0.25) is 0 Å². The molecule has 0 heterocycles. The minimum absolute atomic E-state index is 0. The van der Waals surface area contributed by atoms with Crippen molar-refractivity contribution in [2.24, 2.45) is 5.41 Å². The minimum Gasteiger partial charge on any atom is -0.852 e. The molecule has 0 N–H and O–H groups in total. The molecular formula is C24H40HfO3. The maximum Gasteiger partial charge on any atom is 4.00 e. The Morgan fingerprint density at radius 1 is 0.893 bits per heavy atom. The molecule has 0 saturated carbocycles. The molecule has 28 heavy (non-hydrogen) atoms. The van der Waals surface area contributed by atoms with Crippen molar-refractivity contribution in [3.05, 3.63) is 61.8 Å². The monoisotopic (exact) mass is 556 g/mol. The van der Waals surface area contributed by atoms with Gasteiger partial charge in [-0.25, -0.2) is 11.6 Å². The minimum atomic E-state index is -0.470. The Morgan fingerprint density at radius 2 is 1.21 bits per heavy atom. The predicted molar refractivity (Wildman–Crippen MR) is 113 cm³/mol. The molecular weight excluding hydrogens is 515 g/mol. The van der Waals surface area contributed by atoms with E-state index >= 15 is 0 Å². The summed E-state index contributed by atoms with van der Waals surface area (Å²) in [5.74, 6) is 0. The summed E-state index contributed by atoms with van der Waals surface area (Å²) in [7, 11) is 0. The van der Waals surface area contributed by atoms with Gasteiger partial charge in [0.15, 0.2) is 0 Å². The van der Waals surface area contributed by atoms with E-state index in [-0.39, 0.29) is 25.8 Å². The number of allylic oxidation sites excluding steroid dienone is 4. The first-order chi connectivity index (χ1) is 12.4. The van der Waals surface area contributed by atoms with E-state index in [1.807, 2.05) is 0 Å². The van der Waals surface area contributed by atoms with E-state index in [4.69, 9.17) is 0 Å². The van der Waals surface area contributed by atoms with Gasteiger partial charge in [-0.2, -0.15) is 6.08 Å². The van der Waals surface area contributed by atoms with Crippen LogP contribution in [0.15, 0.2) is 55.7 Å². The first-order valence-corrected chi connectivity index (χ1v) is 9.50. The smallest absolute Gasteiger partial charge is 0.852 e. The van der Waals surface area contributed by atoms with E-state index in [0.717, 1.165) is 6.42 Å². The second-order valence-corrected chi connectivity index (χ2v) is 7.45. The van der Waals surface area contributed by atoms with Gasteiger partial charge in [-0.3, -0.25) is 6.08 Å². The van der Waals surface area contributed by atoms with Crippen LogP contribution in [0, 0.1) is 11.5 Å². The molecule has 0 bridgehead atoms. The van der Waals surface area contributed by atoms with Crippen LogP contribution >= 0.6 is 0 Å². The molecule has 158 valence electrons. The summed E-state index contributed by atoms with van der Waals surface area (Å²) in [6.45, 7) is 21.7. The van der Waals surface area contributed by atoms with E-state index in [9.17, 15) is 15.3 Å². The standard InChI is InChI=1S/C9H13.3C5H9O.Hf/c1-9(2,3)8-6-4-5-7-8;3*1-3-4-5(2)6;/h4,6H,5H2,1-3H3;3*3,5H,1,4H2,2H3;/q4*-1;+4. The zero-order valence-corrected chi connectivity index (χ0v) is 22.4. The second kappa shape index (κ2) is 22.7. The zero-order chi connectivity index (χ0) is 21.9. The molecule has 1 rings (SSSR count). The van der Waals surface area contributed by atoms with Crippen LogP contribution in [0.5, 0.6) is 0 Å². The average Bonchev–Trinajstić information content (AvgIpc) is 3.03. The van der Waals surface area contributed by atoms with Gasteiger partial charge in [-0.1, -0.05) is 59.8 Å². The maximum absolute atomic E-state index is 10.1. The summed E-state index contributed by atoms with van der Waals surface area (Å²) >= 11 is 0. The molecule has 0 aromatic carbocycles. The molecule has 1 aliphatic rings. The number of rotatable bonds is 6. The van der Waals surface area contributed by atoms with Crippen molar-refractivity contribution in [1.82, 2.24) is 0 Å². The van der Waals surface area contributed by atoms with Crippen molar-refractivity contribution < 1.29 is 41.2 Å². The van der Waals surface area contributed by atoms with E-state index in [1.165, 1.54) is 5.57 Å². The van der Waals surface area contributed by atoms with Crippen molar-refractivity contribution in [3.8, 4) is 0 Å². The molecule has 3 atom stereocenters. The second-order valence-electron chi connectivity index (χ2n) is 7.45. The molecule has 0 saturated heterocycles. The van der Waals surface area contributed by atoms with Gasteiger partial charge in [-0.05, 0) is 24.7 Å². The van der Waals surface area contributed by atoms with Gasteiger partial charge in [0.2, 0.25) is 0 Å². The Labute approximate surface area is 193 Å². The first-order valence-electron chi connectivity index (χ1n) is 9.50. The van der Waals surface area contributed by atoms with E-state index in [2.05, 4.69) is 58.7 Å². The Hall–Kier alpha value is -0.550. The van der Waals surface area contributed by atoms with Crippen LogP contribution in [0.1, 0.15) is 67.2 Å². The van der Waals surface area contributed by atoms with E-state index in [0.29, 0.717) is 24.7 Å². The molecule has 0 aliphatic heterocycles. The summed E-state index contributed by atoms with van der Waals surface area (Å²) < 4.78 is 0. The molecule has 0 aromatic rings. The van der Waals surface area contributed by atoms with Crippen LogP contribution in [0.3, 0.4) is 0 Å². The van der Waals surface area contributed by atoms with Gasteiger partial charge in [0, 0.05) is 0 Å². The molecule has 1 aliphatic carbocycles. The van der Waals surface area contributed by atoms with Crippen LogP contribution in [-0.2, 0) is 25.8 Å². The molecule has 0 spiro atoms. The van der Waals surface area contributed by atoms with Crippen molar-refractivity contribution in [2.75, 3.05) is 0 Å². The molecule has 0 fully saturated rings. The van der Waals surface area contributed by atoms with Gasteiger partial charge >= 0.3 is 25.8 Å². The topological polar surface area (TPSA) is 69.2 Å². The normalized spacial score (nSPS) is 14.7. The molecule has 3 nitrogen and oxygen atoms in total. The SMILES string of the molecule is C=CCC(C)[O-].C=CCC(C)[O-].C=CCC(C)[O-].CC(C)(C)C1=[C-]CC=C1.[Hf+4]. The Balaban J connectivity index is -0.000000139. The predicted octanol–water partition coefficient (Wildman–Crippen LogP) is 3.65. The fraction of sp³-hybridized carbons (Fsp3) is 0.583. The Kier molecular flexibility index (Phi) is 28.4. The van der Waals surface area contributed by atoms with Gasteiger partial charge in [0.1, 0.15) is 0 Å². The molecule has 0 radical (unpaired) electrons. The quantitative estimate of drug-likeness (QED) is 0.286. The summed E-state index contributed by atoms with van der Waals surface area (Å²) in [5, 5.41) is 30.2. The molecule has 0 amide bonds. The van der Waals surface area contributed by atoms with Crippen molar-refractivity contribution in [1.29, 1.82) is 0 Å². The van der Waals surface area contributed by atoms with Gasteiger partial charge < -0.3 is 15.3 Å². The summed E-state index contributed by atoms with van der Waals surface area (Å²) in [5.41, 5.74) is 1.65. The van der Waals surface area contributed by atoms with Crippen molar-refractivity contribution in [2.45, 2.75) is 85.5 Å². The van der Waals surface area contributed by atoms with Crippen LogP contribution in [-0.4, -0.2) is 18.3 Å². The number of hydrogen-bond acceptors (Lipinski definition) is 3. The van der Waals surface area contributed by atoms with Crippen molar-refractivity contribution >= 4 is 0 Å². The van der Waals surface area contributed by atoms with Crippen LogP contribution in [0.4, 0.5) is 0 Å².